The molecule has 4 rings (SSSR count). The zero-order chi connectivity index (χ0) is 17.6. The third-order valence-corrected chi connectivity index (χ3v) is 5.36. The lowest BCUT2D eigenvalue weighted by Crippen LogP contribution is -2.20. The van der Waals surface area contributed by atoms with Crippen LogP contribution >= 0.6 is 11.3 Å². The first kappa shape index (κ1) is 15.5. The fourth-order valence-corrected chi connectivity index (χ4v) is 4.13. The van der Waals surface area contributed by atoms with Crippen molar-refractivity contribution in [3.05, 3.63) is 68.7 Å². The molecule has 1 aliphatic heterocycles. The Morgan fingerprint density at radius 3 is 2.84 bits per heavy atom. The number of nitrogens with one attached hydrogen (secondary N) is 1. The maximum absolute atomic E-state index is 9.65. The molecular weight excluding hydrogens is 332 g/mol. The molecule has 3 heterocycles. The number of thiophene rings is 1. The lowest BCUT2D eigenvalue weighted by molar-refractivity contribution is 0.379. The maximum Gasteiger partial charge on any atom is 0.244 e. The van der Waals surface area contributed by atoms with E-state index >= 15 is 0 Å². The van der Waals surface area contributed by atoms with E-state index in [1.807, 2.05) is 17.5 Å². The smallest absolute Gasteiger partial charge is 0.244 e. The molecule has 5 nitrogen and oxygen atoms in total. The van der Waals surface area contributed by atoms with Gasteiger partial charge in [0.2, 0.25) is 11.8 Å². The van der Waals surface area contributed by atoms with E-state index in [0.29, 0.717) is 11.5 Å². The molecule has 0 amide bonds. The summed E-state index contributed by atoms with van der Waals surface area (Å²) in [6, 6.07) is 12.5. The van der Waals surface area contributed by atoms with Gasteiger partial charge in [-0.3, -0.25) is 5.10 Å². The molecule has 0 radical (unpaired) electrons. The van der Waals surface area contributed by atoms with Crippen molar-refractivity contribution < 1.29 is 4.74 Å². The first-order chi connectivity index (χ1) is 12.1. The Kier molecular flexibility index (Phi) is 3.59. The van der Waals surface area contributed by atoms with Gasteiger partial charge in [0.1, 0.15) is 11.6 Å². The van der Waals surface area contributed by atoms with Crippen molar-refractivity contribution in [3.8, 4) is 23.2 Å². The van der Waals surface area contributed by atoms with Crippen molar-refractivity contribution in [1.82, 2.24) is 10.2 Å². The Bertz CT molecular complexity index is 1020. The second kappa shape index (κ2) is 5.80. The van der Waals surface area contributed by atoms with Crippen LogP contribution in [0.15, 0.2) is 47.2 Å². The van der Waals surface area contributed by atoms with Gasteiger partial charge in [-0.15, -0.1) is 16.4 Å². The van der Waals surface area contributed by atoms with Gasteiger partial charge >= 0.3 is 0 Å². The van der Waals surface area contributed by atoms with Crippen LogP contribution in [0, 0.1) is 25.2 Å². The molecule has 25 heavy (non-hydrogen) atoms. The largest absolute Gasteiger partial charge is 0.420 e. The highest BCUT2D eigenvalue weighted by Gasteiger charge is 2.36. The monoisotopic (exact) mass is 348 g/mol. The summed E-state index contributed by atoms with van der Waals surface area (Å²) in [7, 11) is 0. The van der Waals surface area contributed by atoms with E-state index in [2.05, 4.69) is 48.3 Å². The number of hydrogen-bond donors (Lipinski definition) is 2. The summed E-state index contributed by atoms with van der Waals surface area (Å²) in [5.41, 5.74) is 11.5. The quantitative estimate of drug-likeness (QED) is 0.733. The number of H-pyrrole nitrogens is 1. The molecule has 0 bridgehead atoms. The number of nitrogens with two attached hydrogens (primary N) is 1. The van der Waals surface area contributed by atoms with E-state index in [1.165, 1.54) is 5.56 Å². The second-order valence-electron chi connectivity index (χ2n) is 6.08. The Balaban J connectivity index is 1.96. The van der Waals surface area contributed by atoms with Crippen molar-refractivity contribution in [2.45, 2.75) is 19.8 Å². The summed E-state index contributed by atoms with van der Waals surface area (Å²) in [5.74, 6) is 0.278. The first-order valence-corrected chi connectivity index (χ1v) is 8.75. The highest BCUT2D eigenvalue weighted by Crippen LogP contribution is 2.47. The molecule has 0 unspecified atom stereocenters. The standard InChI is InChI=1S/C19H16N4OS/c1-10-5-6-12(11(2)8-10)17-16-15(14-4-3-7-25-14)13(9-20)18(21)24-19(16)23-22-17/h3-8,15H,21H2,1-2H3,(H,22,23)/t15-/m0/s1. The van der Waals surface area contributed by atoms with E-state index in [4.69, 9.17) is 10.5 Å². The fraction of sp³-hybridized carbons (Fsp3) is 0.158. The van der Waals surface area contributed by atoms with Crippen molar-refractivity contribution in [1.29, 1.82) is 5.26 Å². The Hall–Kier alpha value is -3.04. The number of ether oxygens (including phenoxy) is 1. The van der Waals surface area contributed by atoms with E-state index in [-0.39, 0.29) is 11.8 Å². The number of allylic oxidation sites excluding steroid dienone is 1. The normalized spacial score (nSPS) is 16.3. The van der Waals surface area contributed by atoms with Crippen molar-refractivity contribution in [2.24, 2.45) is 5.73 Å². The summed E-state index contributed by atoms with van der Waals surface area (Å²) >= 11 is 1.59. The molecule has 1 atom stereocenters. The number of aromatic nitrogens is 2. The molecule has 0 aliphatic carbocycles. The number of aromatic amines is 1. The Morgan fingerprint density at radius 2 is 2.16 bits per heavy atom. The predicted octanol–water partition coefficient (Wildman–Crippen LogP) is 3.97. The van der Waals surface area contributed by atoms with Gasteiger partial charge in [-0.05, 0) is 30.9 Å². The minimum Gasteiger partial charge on any atom is -0.420 e. The van der Waals surface area contributed by atoms with Crippen molar-refractivity contribution in [2.75, 3.05) is 0 Å². The van der Waals surface area contributed by atoms with Crippen LogP contribution < -0.4 is 10.5 Å². The molecular formula is C19H16N4OS. The van der Waals surface area contributed by atoms with Crippen LogP contribution in [0.2, 0.25) is 0 Å². The van der Waals surface area contributed by atoms with Gasteiger partial charge in [-0.25, -0.2) is 0 Å². The van der Waals surface area contributed by atoms with E-state index < -0.39 is 0 Å². The minimum absolute atomic E-state index is 0.118. The van der Waals surface area contributed by atoms with E-state index in [9.17, 15) is 5.26 Å². The average molecular weight is 348 g/mol. The van der Waals surface area contributed by atoms with Crippen LogP contribution in [-0.4, -0.2) is 10.2 Å². The lowest BCUT2D eigenvalue weighted by Gasteiger charge is -2.23. The molecule has 2 aromatic heterocycles. The molecule has 3 N–H and O–H groups in total. The minimum atomic E-state index is -0.275. The number of aryl methyl sites for hydroxylation is 2. The van der Waals surface area contributed by atoms with Crippen LogP contribution in [0.3, 0.4) is 0 Å². The van der Waals surface area contributed by atoms with E-state index in [0.717, 1.165) is 27.3 Å². The van der Waals surface area contributed by atoms with Crippen molar-refractivity contribution >= 4 is 11.3 Å². The SMILES string of the molecule is Cc1ccc(-c2[nH]nc3c2[C@H](c2cccs2)C(C#N)=C(N)O3)c(C)c1. The fourth-order valence-electron chi connectivity index (χ4n) is 3.28. The topological polar surface area (TPSA) is 87.7 Å². The van der Waals surface area contributed by atoms with Crippen LogP contribution in [0.1, 0.15) is 27.5 Å². The number of fused-ring (bicyclic) bond motifs is 1. The van der Waals surface area contributed by atoms with Crippen LogP contribution in [-0.2, 0) is 0 Å². The highest BCUT2D eigenvalue weighted by molar-refractivity contribution is 7.10. The number of nitriles is 1. The van der Waals surface area contributed by atoms with Crippen LogP contribution in [0.4, 0.5) is 0 Å². The third kappa shape index (κ3) is 2.41. The van der Waals surface area contributed by atoms with Gasteiger partial charge in [0, 0.05) is 10.4 Å². The molecule has 0 spiro atoms. The molecule has 124 valence electrons. The molecule has 0 fully saturated rings. The van der Waals surface area contributed by atoms with Crippen LogP contribution in [0.25, 0.3) is 11.3 Å². The summed E-state index contributed by atoms with van der Waals surface area (Å²) < 4.78 is 5.63. The van der Waals surface area contributed by atoms with Gasteiger partial charge in [-0.1, -0.05) is 29.8 Å². The van der Waals surface area contributed by atoms with Gasteiger partial charge in [0.05, 0.1) is 17.2 Å². The van der Waals surface area contributed by atoms with Gasteiger partial charge in [0.25, 0.3) is 0 Å². The Labute approximate surface area is 149 Å². The summed E-state index contributed by atoms with van der Waals surface area (Å²) in [6.07, 6.45) is 0. The number of nitrogens with zero attached hydrogens (tertiary/aromatic N) is 2. The van der Waals surface area contributed by atoms with Gasteiger partial charge < -0.3 is 10.5 Å². The lowest BCUT2D eigenvalue weighted by atomic mass is 9.86. The zero-order valence-electron chi connectivity index (χ0n) is 13.8. The molecule has 1 aliphatic rings. The third-order valence-electron chi connectivity index (χ3n) is 4.42. The molecule has 6 heteroatoms. The summed E-state index contributed by atoms with van der Waals surface area (Å²) in [4.78, 5) is 1.04. The highest BCUT2D eigenvalue weighted by atomic mass is 32.1. The molecule has 1 aromatic carbocycles. The number of hydrogen-bond acceptors (Lipinski definition) is 5. The summed E-state index contributed by atoms with van der Waals surface area (Å²) in [5, 5.41) is 19.0. The maximum atomic E-state index is 9.65. The zero-order valence-corrected chi connectivity index (χ0v) is 14.6. The van der Waals surface area contributed by atoms with Crippen LogP contribution in [0.5, 0.6) is 5.88 Å². The predicted molar refractivity (Wildman–Crippen MR) is 97.1 cm³/mol. The molecule has 0 saturated carbocycles. The first-order valence-electron chi connectivity index (χ1n) is 7.87. The van der Waals surface area contributed by atoms with Gasteiger partial charge in [0.15, 0.2) is 0 Å². The van der Waals surface area contributed by atoms with Gasteiger partial charge in [-0.2, -0.15) is 5.26 Å². The van der Waals surface area contributed by atoms with E-state index in [1.54, 1.807) is 11.3 Å². The molecule has 3 aromatic rings. The number of benzene rings is 1. The second-order valence-corrected chi connectivity index (χ2v) is 7.06. The molecule has 0 saturated heterocycles. The van der Waals surface area contributed by atoms with Crippen molar-refractivity contribution in [3.63, 3.8) is 0 Å². The average Bonchev–Trinajstić information content (AvgIpc) is 3.23. The number of rotatable bonds is 2. The Morgan fingerprint density at radius 1 is 1.32 bits per heavy atom. The summed E-state index contributed by atoms with van der Waals surface area (Å²) in [6.45, 7) is 4.13.